The molecule has 0 aromatic heterocycles. The molecule has 3 rings (SSSR count). The highest BCUT2D eigenvalue weighted by molar-refractivity contribution is 9.09. The molecule has 0 N–H and O–H groups in total. The zero-order valence-electron chi connectivity index (χ0n) is 14.2. The molecule has 0 aromatic carbocycles. The van der Waals surface area contributed by atoms with Gasteiger partial charge in [-0.05, 0) is 68.6 Å². The summed E-state index contributed by atoms with van der Waals surface area (Å²) in [5.41, 5.74) is 0.777. The Kier molecular flexibility index (Phi) is 4.77. The third kappa shape index (κ3) is 3.68. The summed E-state index contributed by atoms with van der Waals surface area (Å²) < 4.78 is 6.56. The Morgan fingerprint density at radius 2 is 1.76 bits per heavy atom. The molecule has 2 saturated carbocycles. The summed E-state index contributed by atoms with van der Waals surface area (Å²) in [6.45, 7) is 7.26. The first-order valence-corrected chi connectivity index (χ1v) is 10.1. The van der Waals surface area contributed by atoms with Crippen LogP contribution in [0, 0.1) is 17.3 Å². The third-order valence-electron chi connectivity index (χ3n) is 6.53. The predicted molar refractivity (Wildman–Crippen MR) is 92.9 cm³/mol. The second kappa shape index (κ2) is 6.15. The quantitative estimate of drug-likeness (QED) is 0.543. The van der Waals surface area contributed by atoms with Gasteiger partial charge < -0.3 is 4.74 Å². The molecule has 0 radical (unpaired) electrons. The van der Waals surface area contributed by atoms with Crippen molar-refractivity contribution < 1.29 is 4.74 Å². The van der Waals surface area contributed by atoms with Crippen LogP contribution in [-0.4, -0.2) is 16.5 Å². The molecule has 21 heavy (non-hydrogen) atoms. The third-order valence-corrected chi connectivity index (χ3v) is 7.74. The topological polar surface area (TPSA) is 9.23 Å². The smallest absolute Gasteiger partial charge is 0.0687 e. The normalized spacial score (nSPS) is 40.0. The molecule has 122 valence electrons. The summed E-state index contributed by atoms with van der Waals surface area (Å²) in [6.07, 6.45) is 14.1. The summed E-state index contributed by atoms with van der Waals surface area (Å²) in [5, 5.41) is 0. The molecule has 4 unspecified atom stereocenters. The van der Waals surface area contributed by atoms with E-state index in [0.29, 0.717) is 17.1 Å². The van der Waals surface area contributed by atoms with Crippen LogP contribution in [0.25, 0.3) is 0 Å². The molecule has 1 nitrogen and oxygen atoms in total. The number of ether oxygens (including phenoxy) is 1. The van der Waals surface area contributed by atoms with Crippen molar-refractivity contribution in [2.24, 2.45) is 17.3 Å². The van der Waals surface area contributed by atoms with Gasteiger partial charge in [-0.25, -0.2) is 0 Å². The second-order valence-corrected chi connectivity index (χ2v) is 10.2. The fourth-order valence-electron chi connectivity index (χ4n) is 5.04. The largest absolute Gasteiger partial charge is 0.372 e. The van der Waals surface area contributed by atoms with Crippen LogP contribution in [0.15, 0.2) is 0 Å². The minimum atomic E-state index is 0.310. The van der Waals surface area contributed by atoms with E-state index in [9.17, 15) is 0 Å². The SMILES string of the molecule is CC(C)(C)C1CCC(Br)C(CC2CCC3(CCCC3)O2)C1. The van der Waals surface area contributed by atoms with Gasteiger partial charge in [-0.15, -0.1) is 0 Å². The van der Waals surface area contributed by atoms with Crippen LogP contribution in [0.2, 0.25) is 0 Å². The minimum Gasteiger partial charge on any atom is -0.372 e. The van der Waals surface area contributed by atoms with Crippen molar-refractivity contribution in [2.45, 2.75) is 102 Å². The van der Waals surface area contributed by atoms with E-state index < -0.39 is 0 Å². The lowest BCUT2D eigenvalue weighted by molar-refractivity contribution is -0.0476. The molecule has 1 heterocycles. The first kappa shape index (κ1) is 16.3. The average Bonchev–Trinajstić information content (AvgIpc) is 3.02. The molecule has 0 aromatic rings. The van der Waals surface area contributed by atoms with Gasteiger partial charge in [0.15, 0.2) is 0 Å². The number of rotatable bonds is 2. The molecule has 1 spiro atoms. The van der Waals surface area contributed by atoms with E-state index in [2.05, 4.69) is 36.7 Å². The molecule has 2 aliphatic carbocycles. The van der Waals surface area contributed by atoms with Gasteiger partial charge in [0.05, 0.1) is 11.7 Å². The molecule has 1 aliphatic heterocycles. The Morgan fingerprint density at radius 1 is 1.05 bits per heavy atom. The number of hydrogen-bond donors (Lipinski definition) is 0. The van der Waals surface area contributed by atoms with Crippen molar-refractivity contribution >= 4 is 15.9 Å². The van der Waals surface area contributed by atoms with Gasteiger partial charge in [-0.1, -0.05) is 49.5 Å². The Hall–Kier alpha value is 0.440. The minimum absolute atomic E-state index is 0.310. The fourth-order valence-corrected chi connectivity index (χ4v) is 5.74. The lowest BCUT2D eigenvalue weighted by atomic mass is 9.68. The Labute approximate surface area is 139 Å². The van der Waals surface area contributed by atoms with Gasteiger partial charge >= 0.3 is 0 Å². The van der Waals surface area contributed by atoms with Crippen LogP contribution in [-0.2, 0) is 4.74 Å². The first-order chi connectivity index (χ1) is 9.88. The van der Waals surface area contributed by atoms with Crippen molar-refractivity contribution in [1.29, 1.82) is 0 Å². The van der Waals surface area contributed by atoms with Gasteiger partial charge in [0, 0.05) is 4.83 Å². The summed E-state index contributed by atoms with van der Waals surface area (Å²) >= 11 is 3.98. The lowest BCUT2D eigenvalue weighted by Crippen LogP contribution is -2.34. The van der Waals surface area contributed by atoms with Gasteiger partial charge in [0.1, 0.15) is 0 Å². The predicted octanol–water partition coefficient (Wildman–Crippen LogP) is 6.09. The fraction of sp³-hybridized carbons (Fsp3) is 1.00. The summed E-state index contributed by atoms with van der Waals surface area (Å²) in [7, 11) is 0. The van der Waals surface area contributed by atoms with Crippen LogP contribution in [0.5, 0.6) is 0 Å². The second-order valence-electron chi connectivity index (χ2n) is 9.06. The van der Waals surface area contributed by atoms with Crippen molar-refractivity contribution in [3.8, 4) is 0 Å². The van der Waals surface area contributed by atoms with E-state index in [0.717, 1.165) is 16.7 Å². The van der Waals surface area contributed by atoms with Gasteiger partial charge in [0.25, 0.3) is 0 Å². The maximum absolute atomic E-state index is 6.56. The number of hydrogen-bond acceptors (Lipinski definition) is 1. The van der Waals surface area contributed by atoms with Crippen molar-refractivity contribution in [1.82, 2.24) is 0 Å². The van der Waals surface area contributed by atoms with Crippen LogP contribution in [0.1, 0.15) is 85.0 Å². The van der Waals surface area contributed by atoms with E-state index in [1.165, 1.54) is 64.2 Å². The molecule has 3 fully saturated rings. The average molecular weight is 357 g/mol. The van der Waals surface area contributed by atoms with Crippen LogP contribution in [0.4, 0.5) is 0 Å². The van der Waals surface area contributed by atoms with Crippen molar-refractivity contribution in [3.63, 3.8) is 0 Å². The Balaban J connectivity index is 1.56. The molecule has 0 bridgehead atoms. The van der Waals surface area contributed by atoms with Gasteiger partial charge in [-0.2, -0.15) is 0 Å². The maximum Gasteiger partial charge on any atom is 0.0687 e. The van der Waals surface area contributed by atoms with Gasteiger partial charge in [-0.3, -0.25) is 0 Å². The summed E-state index contributed by atoms with van der Waals surface area (Å²) in [4.78, 5) is 0.722. The molecular weight excluding hydrogens is 324 g/mol. The Bertz CT molecular complexity index is 353. The van der Waals surface area contributed by atoms with E-state index in [1.54, 1.807) is 0 Å². The number of alkyl halides is 1. The van der Waals surface area contributed by atoms with Crippen LogP contribution >= 0.6 is 15.9 Å². The monoisotopic (exact) mass is 356 g/mol. The zero-order valence-corrected chi connectivity index (χ0v) is 15.8. The molecule has 0 amide bonds. The van der Waals surface area contributed by atoms with Crippen molar-refractivity contribution in [2.75, 3.05) is 0 Å². The molecule has 4 atom stereocenters. The summed E-state index contributed by atoms with van der Waals surface area (Å²) in [5.74, 6) is 1.71. The van der Waals surface area contributed by atoms with Gasteiger partial charge in [0.2, 0.25) is 0 Å². The molecular formula is C19H33BrO. The number of halogens is 1. The highest BCUT2D eigenvalue weighted by Crippen LogP contribution is 2.48. The van der Waals surface area contributed by atoms with Crippen LogP contribution in [0.3, 0.4) is 0 Å². The summed E-state index contributed by atoms with van der Waals surface area (Å²) in [6, 6.07) is 0. The van der Waals surface area contributed by atoms with E-state index >= 15 is 0 Å². The highest BCUT2D eigenvalue weighted by atomic mass is 79.9. The Morgan fingerprint density at radius 3 is 2.43 bits per heavy atom. The molecule has 1 saturated heterocycles. The maximum atomic E-state index is 6.56. The van der Waals surface area contributed by atoms with Crippen molar-refractivity contribution in [3.05, 3.63) is 0 Å². The van der Waals surface area contributed by atoms with Crippen LogP contribution < -0.4 is 0 Å². The van der Waals surface area contributed by atoms with E-state index in [-0.39, 0.29) is 0 Å². The highest BCUT2D eigenvalue weighted by Gasteiger charge is 2.44. The molecule has 2 heteroatoms. The first-order valence-electron chi connectivity index (χ1n) is 9.20. The molecule has 3 aliphatic rings. The standard InChI is InChI=1S/C19H33BrO/c1-18(2,3)15-6-7-17(20)14(12-15)13-16-8-11-19(21-16)9-4-5-10-19/h14-17H,4-13H2,1-3H3. The van der Waals surface area contributed by atoms with E-state index in [4.69, 9.17) is 4.74 Å². The van der Waals surface area contributed by atoms with E-state index in [1.807, 2.05) is 0 Å². The zero-order chi connectivity index (χ0) is 15.1. The lowest BCUT2D eigenvalue weighted by Gasteiger charge is -2.41.